The van der Waals surface area contributed by atoms with Crippen molar-refractivity contribution in [1.29, 1.82) is 5.26 Å². The zero-order valence-corrected chi connectivity index (χ0v) is 25.0. The lowest BCUT2D eigenvalue weighted by atomic mass is 9.60. The zero-order valence-electron chi connectivity index (χ0n) is 25.0. The maximum absolute atomic E-state index is 14.3. The Morgan fingerprint density at radius 3 is 1.98 bits per heavy atom. The molecule has 0 N–H and O–H groups in total. The highest BCUT2D eigenvalue weighted by Gasteiger charge is 2.46. The first kappa shape index (κ1) is 30.1. The Morgan fingerprint density at radius 1 is 0.829 bits per heavy atom. The molecule has 3 nitrogen and oxygen atoms in total. The fourth-order valence-corrected chi connectivity index (χ4v) is 6.26. The van der Waals surface area contributed by atoms with Crippen LogP contribution in [0, 0.1) is 22.7 Å². The molecule has 0 radical (unpaired) electrons. The van der Waals surface area contributed by atoms with Crippen molar-refractivity contribution in [3.63, 3.8) is 0 Å². The van der Waals surface area contributed by atoms with Gasteiger partial charge in [-0.05, 0) is 72.1 Å². The average molecular weight is 546 g/mol. The molecule has 212 valence electrons. The SMILES string of the molecule is CCC(C)CC(CC(C)(CCC#N)C(=O)OC(CC)c1ccc2ccccc2c1)(c1ccccc1)c1ccccc1. The van der Waals surface area contributed by atoms with Gasteiger partial charge in [-0.15, -0.1) is 0 Å². The summed E-state index contributed by atoms with van der Waals surface area (Å²) in [5.41, 5.74) is 2.12. The van der Waals surface area contributed by atoms with Crippen molar-refractivity contribution < 1.29 is 9.53 Å². The Morgan fingerprint density at radius 2 is 1.41 bits per heavy atom. The van der Waals surface area contributed by atoms with Crippen LogP contribution in [0.2, 0.25) is 0 Å². The van der Waals surface area contributed by atoms with Crippen molar-refractivity contribution in [1.82, 2.24) is 0 Å². The predicted molar refractivity (Wildman–Crippen MR) is 168 cm³/mol. The summed E-state index contributed by atoms with van der Waals surface area (Å²) < 4.78 is 6.40. The average Bonchev–Trinajstić information content (AvgIpc) is 3.02. The van der Waals surface area contributed by atoms with Crippen LogP contribution < -0.4 is 0 Å². The van der Waals surface area contributed by atoms with Crippen LogP contribution in [-0.2, 0) is 14.9 Å². The van der Waals surface area contributed by atoms with Gasteiger partial charge in [-0.3, -0.25) is 4.79 Å². The number of benzene rings is 4. The van der Waals surface area contributed by atoms with E-state index in [0.717, 1.165) is 29.2 Å². The Labute approximate surface area is 246 Å². The molecule has 0 spiro atoms. The molecule has 0 amide bonds. The molecule has 0 aromatic heterocycles. The molecule has 0 saturated carbocycles. The summed E-state index contributed by atoms with van der Waals surface area (Å²) in [4.78, 5) is 14.3. The predicted octanol–water partition coefficient (Wildman–Crippen LogP) is 9.96. The van der Waals surface area contributed by atoms with Gasteiger partial charge in [-0.25, -0.2) is 0 Å². The standard InChI is InChI=1S/C38H43NO2/c1-5-29(3)27-38(33-18-9-7-10-19-33,34-20-11-8-12-21-34)28-37(4,24-15-25-39)36(40)41-35(6-2)32-23-22-30-16-13-14-17-31(30)26-32/h7-14,16-23,26,29,35H,5-6,15,24,27-28H2,1-4H3. The molecule has 0 aliphatic carbocycles. The summed E-state index contributed by atoms with van der Waals surface area (Å²) >= 11 is 0. The Hall–Kier alpha value is -3.90. The van der Waals surface area contributed by atoms with Crippen molar-refractivity contribution in [2.24, 2.45) is 11.3 Å². The fraction of sp³-hybridized carbons (Fsp3) is 0.368. The van der Waals surface area contributed by atoms with Crippen molar-refractivity contribution >= 4 is 16.7 Å². The molecule has 0 heterocycles. The highest BCUT2D eigenvalue weighted by Crippen LogP contribution is 2.49. The number of esters is 1. The number of nitrogens with zero attached hydrogens (tertiary/aromatic N) is 1. The van der Waals surface area contributed by atoms with E-state index in [4.69, 9.17) is 4.74 Å². The van der Waals surface area contributed by atoms with E-state index in [-0.39, 0.29) is 12.1 Å². The molecule has 4 rings (SSSR count). The molecule has 0 aliphatic heterocycles. The Kier molecular flexibility index (Phi) is 10.0. The second kappa shape index (κ2) is 13.6. The van der Waals surface area contributed by atoms with E-state index in [1.165, 1.54) is 11.1 Å². The zero-order chi connectivity index (χ0) is 29.3. The quantitative estimate of drug-likeness (QED) is 0.157. The molecule has 4 aromatic carbocycles. The van der Waals surface area contributed by atoms with Crippen LogP contribution in [0.25, 0.3) is 10.8 Å². The number of hydrogen-bond acceptors (Lipinski definition) is 3. The van der Waals surface area contributed by atoms with E-state index in [1.807, 2.05) is 31.2 Å². The van der Waals surface area contributed by atoms with Gasteiger partial charge in [0.25, 0.3) is 0 Å². The normalized spacial score (nSPS) is 14.5. The van der Waals surface area contributed by atoms with Gasteiger partial charge in [0.05, 0.1) is 11.5 Å². The summed E-state index contributed by atoms with van der Waals surface area (Å²) in [5, 5.41) is 11.9. The van der Waals surface area contributed by atoms with Gasteiger partial charge in [-0.2, -0.15) is 5.26 Å². The molecule has 41 heavy (non-hydrogen) atoms. The maximum atomic E-state index is 14.3. The first-order valence-corrected chi connectivity index (χ1v) is 15.0. The maximum Gasteiger partial charge on any atom is 0.312 e. The van der Waals surface area contributed by atoms with Crippen LogP contribution in [0.3, 0.4) is 0 Å². The van der Waals surface area contributed by atoms with Crippen LogP contribution in [0.5, 0.6) is 0 Å². The van der Waals surface area contributed by atoms with Crippen molar-refractivity contribution in [3.05, 3.63) is 120 Å². The van der Waals surface area contributed by atoms with Crippen LogP contribution in [0.4, 0.5) is 0 Å². The molecular weight excluding hydrogens is 502 g/mol. The molecule has 0 fully saturated rings. The van der Waals surface area contributed by atoms with E-state index in [9.17, 15) is 10.1 Å². The minimum atomic E-state index is -0.862. The fourth-order valence-electron chi connectivity index (χ4n) is 6.26. The van der Waals surface area contributed by atoms with E-state index in [0.29, 0.717) is 31.6 Å². The summed E-state index contributed by atoms with van der Waals surface area (Å²) in [6.45, 7) is 8.58. The smallest absolute Gasteiger partial charge is 0.312 e. The van der Waals surface area contributed by atoms with Crippen LogP contribution in [0.15, 0.2) is 103 Å². The van der Waals surface area contributed by atoms with E-state index >= 15 is 0 Å². The number of fused-ring (bicyclic) bond motifs is 1. The summed E-state index contributed by atoms with van der Waals surface area (Å²) in [5.74, 6) is 0.209. The minimum Gasteiger partial charge on any atom is -0.457 e. The minimum absolute atomic E-state index is 0.229. The number of rotatable bonds is 13. The van der Waals surface area contributed by atoms with Gasteiger partial charge in [0.2, 0.25) is 0 Å². The van der Waals surface area contributed by atoms with Crippen molar-refractivity contribution in [2.45, 2.75) is 77.7 Å². The summed E-state index contributed by atoms with van der Waals surface area (Å²) in [7, 11) is 0. The Bertz CT molecular complexity index is 1420. The number of nitriles is 1. The molecule has 0 aliphatic rings. The van der Waals surface area contributed by atoms with E-state index in [1.54, 1.807) is 0 Å². The van der Waals surface area contributed by atoms with Crippen LogP contribution in [0.1, 0.15) is 89.0 Å². The number of ether oxygens (including phenoxy) is 1. The molecular formula is C38H43NO2. The molecule has 4 aromatic rings. The number of carbonyl (C=O) groups excluding carboxylic acids is 1. The first-order valence-electron chi connectivity index (χ1n) is 15.0. The largest absolute Gasteiger partial charge is 0.457 e. The van der Waals surface area contributed by atoms with Gasteiger partial charge in [0.1, 0.15) is 6.10 Å². The van der Waals surface area contributed by atoms with Crippen molar-refractivity contribution in [3.8, 4) is 6.07 Å². The number of hydrogen-bond donors (Lipinski definition) is 0. The third-order valence-corrected chi connectivity index (χ3v) is 8.79. The lowest BCUT2D eigenvalue weighted by Gasteiger charge is -2.43. The summed E-state index contributed by atoms with van der Waals surface area (Å²) in [6.07, 6.45) is 3.56. The van der Waals surface area contributed by atoms with Crippen LogP contribution in [-0.4, -0.2) is 5.97 Å². The third-order valence-electron chi connectivity index (χ3n) is 8.79. The first-order chi connectivity index (χ1) is 19.8. The summed E-state index contributed by atoms with van der Waals surface area (Å²) in [6, 6.07) is 38.0. The lowest BCUT2D eigenvalue weighted by Crippen LogP contribution is -2.41. The highest BCUT2D eigenvalue weighted by molar-refractivity contribution is 5.83. The van der Waals surface area contributed by atoms with E-state index in [2.05, 4.69) is 106 Å². The van der Waals surface area contributed by atoms with Crippen molar-refractivity contribution in [2.75, 3.05) is 0 Å². The lowest BCUT2D eigenvalue weighted by molar-refractivity contribution is -0.163. The Balaban J connectivity index is 1.77. The second-order valence-corrected chi connectivity index (χ2v) is 11.8. The molecule has 3 heteroatoms. The second-order valence-electron chi connectivity index (χ2n) is 11.8. The van der Waals surface area contributed by atoms with Gasteiger partial charge in [-0.1, -0.05) is 124 Å². The van der Waals surface area contributed by atoms with Gasteiger partial charge >= 0.3 is 5.97 Å². The molecule has 3 atom stereocenters. The van der Waals surface area contributed by atoms with E-state index < -0.39 is 10.8 Å². The molecule has 0 saturated heterocycles. The van der Waals surface area contributed by atoms with Gasteiger partial charge in [0.15, 0.2) is 0 Å². The van der Waals surface area contributed by atoms with Gasteiger partial charge in [0, 0.05) is 11.8 Å². The highest BCUT2D eigenvalue weighted by atomic mass is 16.5. The van der Waals surface area contributed by atoms with Crippen LogP contribution >= 0.6 is 0 Å². The third kappa shape index (κ3) is 6.88. The molecule has 0 bridgehead atoms. The monoisotopic (exact) mass is 545 g/mol. The topological polar surface area (TPSA) is 50.1 Å². The van der Waals surface area contributed by atoms with Gasteiger partial charge < -0.3 is 4.74 Å². The number of carbonyl (C=O) groups is 1. The molecule has 3 unspecified atom stereocenters.